The van der Waals surface area contributed by atoms with Crippen LogP contribution in [-0.4, -0.2) is 14.1 Å². The van der Waals surface area contributed by atoms with Gasteiger partial charge in [0.2, 0.25) is 0 Å². The minimum atomic E-state index is 0. The molecular formula is C2H6NTa-. The molecular weight excluding hydrogens is 219 g/mol. The van der Waals surface area contributed by atoms with Crippen molar-refractivity contribution >= 4 is 0 Å². The van der Waals surface area contributed by atoms with Gasteiger partial charge in [-0.25, -0.2) is 0 Å². The smallest absolute Gasteiger partial charge is 0 e. The van der Waals surface area contributed by atoms with Crippen LogP contribution >= 0.6 is 0 Å². The van der Waals surface area contributed by atoms with Gasteiger partial charge in [-0.15, -0.1) is 0 Å². The Hall–Kier alpha value is 0.700. The molecule has 4 heavy (non-hydrogen) atoms. The topological polar surface area (TPSA) is 14.1 Å². The minimum absolute atomic E-state index is 0. The van der Waals surface area contributed by atoms with Crippen molar-refractivity contribution in [1.82, 2.24) is 0 Å². The molecule has 0 aromatic heterocycles. The van der Waals surface area contributed by atoms with Gasteiger partial charge >= 0.3 is 0 Å². The fourth-order valence-corrected chi connectivity index (χ4v) is 0. The van der Waals surface area contributed by atoms with Gasteiger partial charge in [0.25, 0.3) is 0 Å². The van der Waals surface area contributed by atoms with E-state index in [0.717, 1.165) is 0 Å². The van der Waals surface area contributed by atoms with Gasteiger partial charge in [-0.3, -0.25) is 0 Å². The van der Waals surface area contributed by atoms with Crippen LogP contribution in [0, 0.1) is 0 Å². The van der Waals surface area contributed by atoms with Crippen molar-refractivity contribution in [2.45, 2.75) is 0 Å². The van der Waals surface area contributed by atoms with Crippen LogP contribution in [0.25, 0.3) is 5.32 Å². The number of rotatable bonds is 0. The van der Waals surface area contributed by atoms with Crippen molar-refractivity contribution in [2.24, 2.45) is 0 Å². The summed E-state index contributed by atoms with van der Waals surface area (Å²) in [5.74, 6) is 0. The average molecular weight is 225 g/mol. The normalized spacial score (nSPS) is 4.50. The molecule has 0 saturated carbocycles. The first kappa shape index (κ1) is 8.83. The minimum Gasteiger partial charge on any atom is -0.668 e. The molecule has 0 rings (SSSR count). The Morgan fingerprint density at radius 3 is 1.25 bits per heavy atom. The Bertz CT molecular complexity index is 6.00. The van der Waals surface area contributed by atoms with Gasteiger partial charge in [-0.2, -0.15) is 14.1 Å². The Balaban J connectivity index is 0. The van der Waals surface area contributed by atoms with Crippen molar-refractivity contribution in [3.05, 3.63) is 5.32 Å². The maximum Gasteiger partial charge on any atom is 0 e. The third-order valence-electron chi connectivity index (χ3n) is 0. The Morgan fingerprint density at radius 2 is 1.25 bits per heavy atom. The van der Waals surface area contributed by atoms with E-state index in [-0.39, 0.29) is 22.4 Å². The van der Waals surface area contributed by atoms with E-state index in [4.69, 9.17) is 0 Å². The maximum absolute atomic E-state index is 3.50. The van der Waals surface area contributed by atoms with Crippen LogP contribution < -0.4 is 0 Å². The van der Waals surface area contributed by atoms with Gasteiger partial charge in [0.15, 0.2) is 0 Å². The molecule has 25 valence electrons. The van der Waals surface area contributed by atoms with Gasteiger partial charge in [0.1, 0.15) is 0 Å². The van der Waals surface area contributed by atoms with Crippen molar-refractivity contribution < 1.29 is 22.4 Å². The molecule has 0 heterocycles. The molecule has 0 aliphatic carbocycles. The van der Waals surface area contributed by atoms with Crippen molar-refractivity contribution in [3.63, 3.8) is 0 Å². The second kappa shape index (κ2) is 9.33. The summed E-state index contributed by atoms with van der Waals surface area (Å²) >= 11 is 0. The largest absolute Gasteiger partial charge is 0.668 e. The van der Waals surface area contributed by atoms with E-state index in [9.17, 15) is 0 Å². The third kappa shape index (κ3) is 15.9. The van der Waals surface area contributed by atoms with E-state index in [2.05, 4.69) is 5.32 Å². The second-order valence-corrected chi connectivity index (χ2v) is 0.447. The van der Waals surface area contributed by atoms with Gasteiger partial charge in [-0.05, 0) is 0 Å². The van der Waals surface area contributed by atoms with Crippen LogP contribution in [0.5, 0.6) is 0 Å². The fraction of sp³-hybridized carbons (Fsp3) is 1.00. The monoisotopic (exact) mass is 225 g/mol. The molecule has 0 fully saturated rings. The zero-order valence-electron chi connectivity index (χ0n) is 2.89. The first-order valence-electron chi connectivity index (χ1n) is 0.894. The van der Waals surface area contributed by atoms with Crippen LogP contribution in [0.3, 0.4) is 0 Å². The molecule has 0 aromatic carbocycles. The molecule has 0 aliphatic heterocycles. The first-order valence-corrected chi connectivity index (χ1v) is 0.894. The summed E-state index contributed by atoms with van der Waals surface area (Å²) in [4.78, 5) is 0. The predicted octanol–water partition coefficient (Wildman–Crippen LogP) is 0.617. The van der Waals surface area contributed by atoms with Gasteiger partial charge < -0.3 is 5.32 Å². The van der Waals surface area contributed by atoms with Gasteiger partial charge in [0.05, 0.1) is 0 Å². The molecule has 0 bridgehead atoms. The summed E-state index contributed by atoms with van der Waals surface area (Å²) in [6, 6.07) is 0. The van der Waals surface area contributed by atoms with Gasteiger partial charge in [-0.1, -0.05) is 0 Å². The summed E-state index contributed by atoms with van der Waals surface area (Å²) < 4.78 is 0. The third-order valence-corrected chi connectivity index (χ3v) is 0. The SMILES string of the molecule is C[N-]C.[Ta]. The molecule has 0 amide bonds. The molecule has 2 heteroatoms. The van der Waals surface area contributed by atoms with E-state index >= 15 is 0 Å². The van der Waals surface area contributed by atoms with Crippen LogP contribution in [0.4, 0.5) is 0 Å². The average Bonchev–Trinajstić information content (AvgIpc) is 0.918. The summed E-state index contributed by atoms with van der Waals surface area (Å²) in [6.07, 6.45) is 0. The summed E-state index contributed by atoms with van der Waals surface area (Å²) in [5, 5.41) is 3.50. The van der Waals surface area contributed by atoms with Gasteiger partial charge in [0, 0.05) is 22.4 Å². The maximum atomic E-state index is 3.50. The summed E-state index contributed by atoms with van der Waals surface area (Å²) in [7, 11) is 3.50. The molecule has 0 unspecified atom stereocenters. The van der Waals surface area contributed by atoms with Crippen LogP contribution in [0.1, 0.15) is 0 Å². The molecule has 0 aliphatic rings. The summed E-state index contributed by atoms with van der Waals surface area (Å²) in [6.45, 7) is 0. The van der Waals surface area contributed by atoms with Crippen LogP contribution in [-0.2, 0) is 22.4 Å². The van der Waals surface area contributed by atoms with Crippen LogP contribution in [0.2, 0.25) is 0 Å². The van der Waals surface area contributed by atoms with E-state index in [0.29, 0.717) is 0 Å². The molecule has 0 atom stereocenters. The van der Waals surface area contributed by atoms with Crippen molar-refractivity contribution in [3.8, 4) is 0 Å². The van der Waals surface area contributed by atoms with E-state index in [1.54, 1.807) is 14.1 Å². The standard InChI is InChI=1S/C2H6N.Ta/c1-3-2;/h1-2H3;/q-1;. The molecule has 1 nitrogen and oxygen atoms in total. The molecule has 0 aromatic rings. The Morgan fingerprint density at radius 1 is 1.25 bits per heavy atom. The number of nitrogens with zero attached hydrogens (tertiary/aromatic N) is 1. The zero-order chi connectivity index (χ0) is 2.71. The summed E-state index contributed by atoms with van der Waals surface area (Å²) in [5.41, 5.74) is 0. The van der Waals surface area contributed by atoms with Crippen LogP contribution in [0.15, 0.2) is 0 Å². The predicted molar refractivity (Wildman–Crippen MR) is 15.2 cm³/mol. The molecule has 0 saturated heterocycles. The van der Waals surface area contributed by atoms with Crippen molar-refractivity contribution in [1.29, 1.82) is 0 Å². The Kier molecular flexibility index (Phi) is 20.6. The quantitative estimate of drug-likeness (QED) is 0.573. The Labute approximate surface area is 42.3 Å². The molecule has 0 spiro atoms. The zero-order valence-corrected chi connectivity index (χ0v) is 6.11. The fourth-order valence-electron chi connectivity index (χ4n) is 0. The van der Waals surface area contributed by atoms with E-state index < -0.39 is 0 Å². The molecule has 0 N–H and O–H groups in total. The number of hydrogen-bond acceptors (Lipinski definition) is 0. The molecule has 1 radical (unpaired) electrons. The van der Waals surface area contributed by atoms with Crippen molar-refractivity contribution in [2.75, 3.05) is 14.1 Å². The van der Waals surface area contributed by atoms with E-state index in [1.807, 2.05) is 0 Å². The number of hydrogen-bond donors (Lipinski definition) is 0. The first-order chi connectivity index (χ1) is 1.41. The second-order valence-electron chi connectivity index (χ2n) is 0.447. The van der Waals surface area contributed by atoms with E-state index in [1.165, 1.54) is 0 Å².